The molecule has 0 aromatic heterocycles. The summed E-state index contributed by atoms with van der Waals surface area (Å²) in [5.74, 6) is -0.800. The number of carboxylic acids is 1. The number of aliphatic carboxylic acids is 1. The lowest BCUT2D eigenvalue weighted by Gasteiger charge is -2.25. The molecule has 0 aromatic carbocycles. The van der Waals surface area contributed by atoms with Gasteiger partial charge in [-0.2, -0.15) is 11.8 Å². The van der Waals surface area contributed by atoms with Crippen LogP contribution < -0.4 is 10.6 Å². The molecule has 3 N–H and O–H groups in total. The quantitative estimate of drug-likeness (QED) is 0.612. The fourth-order valence-corrected chi connectivity index (χ4v) is 2.69. The van der Waals surface area contributed by atoms with Gasteiger partial charge < -0.3 is 20.5 Å². The van der Waals surface area contributed by atoms with E-state index in [0.717, 1.165) is 5.75 Å². The zero-order valence-corrected chi connectivity index (χ0v) is 13.3. The smallest absolute Gasteiger partial charge is 0.326 e. The van der Waals surface area contributed by atoms with Crippen LogP contribution in [0, 0.1) is 0 Å². The molecular formula is C13H22N2O5S. The predicted molar refractivity (Wildman–Crippen MR) is 79.1 cm³/mol. The number of amides is 1. The minimum absolute atomic E-state index is 0.391. The minimum Gasteiger partial charge on any atom is -0.480 e. The molecule has 1 rings (SSSR count). The first-order valence-electron chi connectivity index (χ1n) is 6.75. The first-order valence-corrected chi connectivity index (χ1v) is 7.90. The van der Waals surface area contributed by atoms with Crippen molar-refractivity contribution in [2.24, 2.45) is 0 Å². The van der Waals surface area contributed by atoms with Gasteiger partial charge in [-0.1, -0.05) is 0 Å². The lowest BCUT2D eigenvalue weighted by molar-refractivity contribution is -0.158. The number of rotatable bonds is 5. The predicted octanol–water partition coefficient (Wildman–Crippen LogP) is -0.00740. The molecule has 0 aliphatic carbocycles. The lowest BCUT2D eigenvalue weighted by atomic mass is 10.1. The number of carboxylic acid groups (broad SMARTS) is 1. The van der Waals surface area contributed by atoms with Crippen molar-refractivity contribution >= 4 is 29.6 Å². The Kier molecular flexibility index (Phi) is 6.47. The topological polar surface area (TPSA) is 105 Å². The van der Waals surface area contributed by atoms with E-state index < -0.39 is 42.0 Å². The van der Waals surface area contributed by atoms with Gasteiger partial charge in [0.25, 0.3) is 0 Å². The highest BCUT2D eigenvalue weighted by Gasteiger charge is 2.29. The van der Waals surface area contributed by atoms with Crippen LogP contribution in [0.1, 0.15) is 27.2 Å². The van der Waals surface area contributed by atoms with Crippen LogP contribution in [0.2, 0.25) is 0 Å². The number of thioether (sulfide) groups is 1. The SMILES string of the molecule is CC(C)(C)OC(=O)C[C@H](NC(=O)C1CSCCN1)C(=O)O. The fourth-order valence-electron chi connectivity index (χ4n) is 1.76. The molecule has 0 bridgehead atoms. The highest BCUT2D eigenvalue weighted by Crippen LogP contribution is 2.11. The Morgan fingerprint density at radius 3 is 2.57 bits per heavy atom. The van der Waals surface area contributed by atoms with E-state index >= 15 is 0 Å². The first-order chi connectivity index (χ1) is 9.69. The number of carbonyl (C=O) groups is 3. The Balaban J connectivity index is 2.55. The third kappa shape index (κ3) is 6.81. The highest BCUT2D eigenvalue weighted by molar-refractivity contribution is 7.99. The van der Waals surface area contributed by atoms with Crippen molar-refractivity contribution in [1.29, 1.82) is 0 Å². The van der Waals surface area contributed by atoms with Crippen LogP contribution in [0.5, 0.6) is 0 Å². The summed E-state index contributed by atoms with van der Waals surface area (Å²) in [6.07, 6.45) is -0.391. The van der Waals surface area contributed by atoms with Gasteiger partial charge in [-0.15, -0.1) is 0 Å². The first kappa shape index (κ1) is 17.8. The van der Waals surface area contributed by atoms with E-state index in [-0.39, 0.29) is 0 Å². The molecule has 0 aromatic rings. The van der Waals surface area contributed by atoms with Crippen molar-refractivity contribution in [3.05, 3.63) is 0 Å². The zero-order valence-electron chi connectivity index (χ0n) is 12.5. The zero-order chi connectivity index (χ0) is 16.0. The molecule has 8 heteroatoms. The van der Waals surface area contributed by atoms with E-state index in [9.17, 15) is 14.4 Å². The fraction of sp³-hybridized carbons (Fsp3) is 0.769. The summed E-state index contributed by atoms with van der Waals surface area (Å²) in [6, 6.07) is -1.70. The van der Waals surface area contributed by atoms with Crippen LogP contribution in [0.25, 0.3) is 0 Å². The maximum atomic E-state index is 12.0. The average Bonchev–Trinajstić information content (AvgIpc) is 2.36. The molecule has 0 saturated carbocycles. The van der Waals surface area contributed by atoms with Crippen molar-refractivity contribution < 1.29 is 24.2 Å². The summed E-state index contributed by atoms with van der Waals surface area (Å²) < 4.78 is 5.07. The number of nitrogens with one attached hydrogen (secondary N) is 2. The molecule has 0 radical (unpaired) electrons. The summed E-state index contributed by atoms with van der Waals surface area (Å²) in [6.45, 7) is 5.79. The third-order valence-electron chi connectivity index (χ3n) is 2.64. The number of ether oxygens (including phenoxy) is 1. The molecule has 2 atom stereocenters. The number of hydrogen-bond donors (Lipinski definition) is 3. The monoisotopic (exact) mass is 318 g/mol. The van der Waals surface area contributed by atoms with E-state index in [1.807, 2.05) is 0 Å². The van der Waals surface area contributed by atoms with Crippen LogP contribution in [0.3, 0.4) is 0 Å². The Labute approximate surface area is 128 Å². The van der Waals surface area contributed by atoms with E-state index in [4.69, 9.17) is 9.84 Å². The van der Waals surface area contributed by atoms with E-state index in [1.54, 1.807) is 32.5 Å². The van der Waals surface area contributed by atoms with Gasteiger partial charge in [0.2, 0.25) is 5.91 Å². The lowest BCUT2D eigenvalue weighted by Crippen LogP contribution is -2.53. The largest absolute Gasteiger partial charge is 0.480 e. The van der Waals surface area contributed by atoms with Crippen molar-refractivity contribution in [2.45, 2.75) is 44.9 Å². The Bertz CT molecular complexity index is 402. The molecule has 21 heavy (non-hydrogen) atoms. The summed E-state index contributed by atoms with van der Waals surface area (Å²) >= 11 is 1.63. The molecular weight excluding hydrogens is 296 g/mol. The van der Waals surface area contributed by atoms with Gasteiger partial charge >= 0.3 is 11.9 Å². The second-order valence-corrected chi connectivity index (χ2v) is 6.92. The van der Waals surface area contributed by atoms with Gasteiger partial charge in [0.05, 0.1) is 12.5 Å². The van der Waals surface area contributed by atoms with Crippen molar-refractivity contribution in [3.8, 4) is 0 Å². The maximum Gasteiger partial charge on any atom is 0.326 e. The van der Waals surface area contributed by atoms with E-state index in [1.165, 1.54) is 0 Å². The standard InChI is InChI=1S/C13H22N2O5S/c1-13(2,3)20-10(16)6-8(12(18)19)15-11(17)9-7-21-5-4-14-9/h8-9,14H,4-7H2,1-3H3,(H,15,17)(H,18,19)/t8-,9?/m0/s1. The van der Waals surface area contributed by atoms with Crippen molar-refractivity contribution in [3.63, 3.8) is 0 Å². The van der Waals surface area contributed by atoms with Gasteiger partial charge in [-0.3, -0.25) is 9.59 Å². The normalized spacial score (nSPS) is 20.4. The average molecular weight is 318 g/mol. The summed E-state index contributed by atoms with van der Waals surface area (Å²) in [7, 11) is 0. The second-order valence-electron chi connectivity index (χ2n) is 5.77. The van der Waals surface area contributed by atoms with Crippen LogP contribution in [-0.4, -0.2) is 58.7 Å². The van der Waals surface area contributed by atoms with Crippen LogP contribution in [0.15, 0.2) is 0 Å². The minimum atomic E-state index is -1.28. The van der Waals surface area contributed by atoms with Gasteiger partial charge in [0.15, 0.2) is 0 Å². The Morgan fingerprint density at radius 2 is 2.10 bits per heavy atom. The molecule has 1 aliphatic rings. The second kappa shape index (κ2) is 7.65. The number of esters is 1. The van der Waals surface area contributed by atoms with E-state index in [0.29, 0.717) is 12.3 Å². The molecule has 1 aliphatic heterocycles. The van der Waals surface area contributed by atoms with Gasteiger partial charge in [-0.05, 0) is 20.8 Å². The maximum absolute atomic E-state index is 12.0. The summed E-state index contributed by atoms with van der Waals surface area (Å²) in [5, 5.41) is 14.5. The van der Waals surface area contributed by atoms with Gasteiger partial charge in [0.1, 0.15) is 11.6 Å². The molecule has 1 heterocycles. The van der Waals surface area contributed by atoms with Gasteiger partial charge in [-0.25, -0.2) is 4.79 Å². The summed E-state index contributed by atoms with van der Waals surface area (Å²) in [4.78, 5) is 34.8. The molecule has 1 saturated heterocycles. The molecule has 0 spiro atoms. The molecule has 7 nitrogen and oxygen atoms in total. The molecule has 1 unspecified atom stereocenters. The van der Waals surface area contributed by atoms with Crippen molar-refractivity contribution in [1.82, 2.24) is 10.6 Å². The van der Waals surface area contributed by atoms with Crippen LogP contribution in [0.4, 0.5) is 0 Å². The Morgan fingerprint density at radius 1 is 1.43 bits per heavy atom. The van der Waals surface area contributed by atoms with Crippen molar-refractivity contribution in [2.75, 3.05) is 18.1 Å². The number of hydrogen-bond acceptors (Lipinski definition) is 6. The molecule has 1 fully saturated rings. The Hall–Kier alpha value is -1.28. The molecule has 1 amide bonds. The van der Waals surface area contributed by atoms with Gasteiger partial charge in [0, 0.05) is 18.1 Å². The van der Waals surface area contributed by atoms with Crippen LogP contribution in [-0.2, 0) is 19.1 Å². The molecule has 120 valence electrons. The number of carbonyl (C=O) groups excluding carboxylic acids is 2. The van der Waals surface area contributed by atoms with Crippen LogP contribution >= 0.6 is 11.8 Å². The van der Waals surface area contributed by atoms with E-state index in [2.05, 4.69) is 10.6 Å². The highest BCUT2D eigenvalue weighted by atomic mass is 32.2. The third-order valence-corrected chi connectivity index (χ3v) is 3.71. The summed E-state index contributed by atoms with van der Waals surface area (Å²) in [5.41, 5.74) is -0.689.